The molecular weight excluding hydrogens is 444 g/mol. The minimum Gasteiger partial charge on any atom is -0.369 e. The Bertz CT molecular complexity index is 1480. The first-order chi connectivity index (χ1) is 16.9. The predicted octanol–water partition coefficient (Wildman–Crippen LogP) is 1.64. The number of benzene rings is 2. The van der Waals surface area contributed by atoms with E-state index in [1.54, 1.807) is 23.7 Å². The number of nitrogens with zero attached hydrogens (tertiary/aromatic N) is 6. The molecule has 2 aromatic carbocycles. The van der Waals surface area contributed by atoms with E-state index in [1.165, 1.54) is 17.3 Å². The lowest BCUT2D eigenvalue weighted by Gasteiger charge is -2.35. The quantitative estimate of drug-likeness (QED) is 0.397. The number of carbonyl (C=O) groups is 1. The molecule has 1 aliphatic rings. The zero-order chi connectivity index (χ0) is 24.5. The van der Waals surface area contributed by atoms with Gasteiger partial charge in [0.1, 0.15) is 5.82 Å². The van der Waals surface area contributed by atoms with Crippen molar-refractivity contribution >= 4 is 22.6 Å². The highest BCUT2D eigenvalue weighted by molar-refractivity contribution is 5.96. The number of para-hydroxylation sites is 1. The minimum atomic E-state index is -0.448. The standard InChI is InChI=1S/C26H28N6O3/c1-28-24-23(25(34)29(2)26(28)35)32(17-21(33)19-9-5-3-6-10-19)22(27-24)18-30-13-15-31(16-14-30)20-11-7-4-8-12-20/h3-12H,13-18H2,1-2H3. The summed E-state index contributed by atoms with van der Waals surface area (Å²) in [5, 5.41) is 0. The summed E-state index contributed by atoms with van der Waals surface area (Å²) in [6, 6.07) is 19.3. The molecule has 1 fully saturated rings. The van der Waals surface area contributed by atoms with Gasteiger partial charge in [0, 0.05) is 51.5 Å². The molecule has 3 heterocycles. The van der Waals surface area contributed by atoms with E-state index in [-0.39, 0.29) is 17.8 Å². The Kier molecular flexibility index (Phi) is 6.08. The van der Waals surface area contributed by atoms with Crippen LogP contribution in [0.5, 0.6) is 0 Å². The van der Waals surface area contributed by atoms with Crippen molar-refractivity contribution in [1.29, 1.82) is 0 Å². The van der Waals surface area contributed by atoms with Crippen molar-refractivity contribution in [1.82, 2.24) is 23.6 Å². The molecule has 0 radical (unpaired) electrons. The monoisotopic (exact) mass is 472 g/mol. The average Bonchev–Trinajstić information content (AvgIpc) is 3.25. The zero-order valence-corrected chi connectivity index (χ0v) is 19.9. The van der Waals surface area contributed by atoms with Gasteiger partial charge in [-0.3, -0.25) is 23.6 Å². The van der Waals surface area contributed by atoms with Crippen molar-refractivity contribution in [2.75, 3.05) is 31.1 Å². The van der Waals surface area contributed by atoms with Gasteiger partial charge in [-0.2, -0.15) is 0 Å². The molecule has 0 amide bonds. The molecule has 0 unspecified atom stereocenters. The lowest BCUT2D eigenvalue weighted by molar-refractivity contribution is 0.0971. The largest absolute Gasteiger partial charge is 0.369 e. The van der Waals surface area contributed by atoms with Crippen LogP contribution in [0.25, 0.3) is 11.2 Å². The third kappa shape index (κ3) is 4.30. The number of hydrogen-bond donors (Lipinski definition) is 0. The van der Waals surface area contributed by atoms with Crippen molar-refractivity contribution in [2.24, 2.45) is 14.1 Å². The number of rotatable bonds is 6. The van der Waals surface area contributed by atoms with Gasteiger partial charge >= 0.3 is 5.69 Å². The number of Topliss-reactive ketones (excluding diaryl/α,β-unsaturated/α-hetero) is 1. The first kappa shape index (κ1) is 22.8. The Hall–Kier alpha value is -3.98. The Labute approximate surface area is 202 Å². The maximum Gasteiger partial charge on any atom is 0.332 e. The average molecular weight is 473 g/mol. The van der Waals surface area contributed by atoms with E-state index in [2.05, 4.69) is 21.9 Å². The first-order valence-corrected chi connectivity index (χ1v) is 11.7. The molecule has 0 atom stereocenters. The Morgan fingerprint density at radius 1 is 0.857 bits per heavy atom. The molecule has 1 saturated heterocycles. The molecule has 9 heteroatoms. The summed E-state index contributed by atoms with van der Waals surface area (Å²) in [5.74, 6) is 0.492. The number of hydrogen-bond acceptors (Lipinski definition) is 6. The lowest BCUT2D eigenvalue weighted by atomic mass is 10.1. The topological polar surface area (TPSA) is 85.4 Å². The van der Waals surface area contributed by atoms with Crippen molar-refractivity contribution in [3.8, 4) is 0 Å². The molecule has 35 heavy (non-hydrogen) atoms. The molecule has 0 saturated carbocycles. The Balaban J connectivity index is 1.47. The van der Waals surface area contributed by atoms with Gasteiger partial charge in [-0.15, -0.1) is 0 Å². The van der Waals surface area contributed by atoms with Crippen LogP contribution in [-0.2, 0) is 27.2 Å². The Morgan fingerprint density at radius 2 is 1.49 bits per heavy atom. The SMILES string of the molecule is Cn1c(=O)c2c(nc(CN3CCN(c4ccccc4)CC3)n2CC(=O)c2ccccc2)n(C)c1=O. The molecule has 4 aromatic rings. The summed E-state index contributed by atoms with van der Waals surface area (Å²) in [5.41, 5.74) is 1.46. The van der Waals surface area contributed by atoms with Crippen molar-refractivity contribution in [3.63, 3.8) is 0 Å². The number of aryl methyl sites for hydroxylation is 1. The summed E-state index contributed by atoms with van der Waals surface area (Å²) in [6.07, 6.45) is 0. The second kappa shape index (κ2) is 9.34. The van der Waals surface area contributed by atoms with Crippen molar-refractivity contribution in [2.45, 2.75) is 13.1 Å². The van der Waals surface area contributed by atoms with Crippen molar-refractivity contribution in [3.05, 3.63) is 92.9 Å². The van der Waals surface area contributed by atoms with Crippen LogP contribution in [0.15, 0.2) is 70.3 Å². The zero-order valence-electron chi connectivity index (χ0n) is 19.9. The van der Waals surface area contributed by atoms with Crippen LogP contribution in [0.3, 0.4) is 0 Å². The van der Waals surface area contributed by atoms with E-state index in [0.29, 0.717) is 23.6 Å². The van der Waals surface area contributed by atoms with E-state index in [4.69, 9.17) is 4.98 Å². The van der Waals surface area contributed by atoms with Crippen LogP contribution in [0, 0.1) is 0 Å². The van der Waals surface area contributed by atoms with Crippen LogP contribution in [0.1, 0.15) is 16.2 Å². The summed E-state index contributed by atoms with van der Waals surface area (Å²) in [4.78, 5) is 48.0. The second-order valence-corrected chi connectivity index (χ2v) is 8.88. The second-order valence-electron chi connectivity index (χ2n) is 8.88. The predicted molar refractivity (Wildman–Crippen MR) is 135 cm³/mol. The molecule has 1 aliphatic heterocycles. The lowest BCUT2D eigenvalue weighted by Crippen LogP contribution is -2.46. The molecule has 0 N–H and O–H groups in total. The Morgan fingerprint density at radius 3 is 2.14 bits per heavy atom. The summed E-state index contributed by atoms with van der Waals surface area (Å²) in [7, 11) is 3.05. The minimum absolute atomic E-state index is 0.0206. The smallest absolute Gasteiger partial charge is 0.332 e. The number of fused-ring (bicyclic) bond motifs is 1. The number of imidazole rings is 1. The molecule has 5 rings (SSSR count). The number of ketones is 1. The van der Waals surface area contributed by atoms with Gasteiger partial charge in [-0.05, 0) is 12.1 Å². The third-order valence-corrected chi connectivity index (χ3v) is 6.68. The highest BCUT2D eigenvalue weighted by atomic mass is 16.2. The first-order valence-electron chi connectivity index (χ1n) is 11.7. The van der Waals surface area contributed by atoms with Gasteiger partial charge in [0.2, 0.25) is 0 Å². The van der Waals surface area contributed by atoms with E-state index in [9.17, 15) is 14.4 Å². The summed E-state index contributed by atoms with van der Waals surface area (Å²) < 4.78 is 4.13. The molecule has 9 nitrogen and oxygen atoms in total. The molecule has 0 spiro atoms. The van der Waals surface area contributed by atoms with Gasteiger partial charge in [0.15, 0.2) is 16.9 Å². The van der Waals surface area contributed by atoms with Gasteiger partial charge in [-0.1, -0.05) is 48.5 Å². The van der Waals surface area contributed by atoms with E-state index in [1.807, 2.05) is 36.4 Å². The van der Waals surface area contributed by atoms with Gasteiger partial charge in [0.25, 0.3) is 5.56 Å². The van der Waals surface area contributed by atoms with Crippen molar-refractivity contribution < 1.29 is 4.79 Å². The van der Waals surface area contributed by atoms with Crippen LogP contribution in [0.2, 0.25) is 0 Å². The molecular formula is C26H28N6O3. The van der Waals surface area contributed by atoms with Crippen LogP contribution < -0.4 is 16.1 Å². The van der Waals surface area contributed by atoms with Crippen LogP contribution >= 0.6 is 0 Å². The fraction of sp³-hybridized carbons (Fsp3) is 0.308. The number of aromatic nitrogens is 4. The number of piperazine rings is 1. The molecule has 0 bridgehead atoms. The number of anilines is 1. The maximum atomic E-state index is 13.1. The summed E-state index contributed by atoms with van der Waals surface area (Å²) in [6.45, 7) is 3.84. The van der Waals surface area contributed by atoms with Crippen LogP contribution in [0.4, 0.5) is 5.69 Å². The van der Waals surface area contributed by atoms with Gasteiger partial charge in [-0.25, -0.2) is 9.78 Å². The fourth-order valence-corrected chi connectivity index (χ4v) is 4.64. The third-order valence-electron chi connectivity index (χ3n) is 6.68. The normalized spacial score (nSPS) is 14.5. The highest BCUT2D eigenvalue weighted by Gasteiger charge is 2.24. The van der Waals surface area contributed by atoms with Crippen LogP contribution in [-0.4, -0.2) is 55.5 Å². The van der Waals surface area contributed by atoms with E-state index < -0.39 is 11.2 Å². The molecule has 180 valence electrons. The maximum absolute atomic E-state index is 13.1. The van der Waals surface area contributed by atoms with E-state index in [0.717, 1.165) is 30.7 Å². The fourth-order valence-electron chi connectivity index (χ4n) is 4.64. The number of carbonyl (C=O) groups excluding carboxylic acids is 1. The van der Waals surface area contributed by atoms with Gasteiger partial charge < -0.3 is 9.47 Å². The highest BCUT2D eigenvalue weighted by Crippen LogP contribution is 2.19. The molecule has 2 aromatic heterocycles. The van der Waals surface area contributed by atoms with E-state index >= 15 is 0 Å². The van der Waals surface area contributed by atoms with Gasteiger partial charge in [0.05, 0.1) is 13.1 Å². The summed E-state index contributed by atoms with van der Waals surface area (Å²) >= 11 is 0. The molecule has 0 aliphatic carbocycles.